The smallest absolute Gasteiger partial charge is 0.396 e. The molecule has 0 aliphatic rings. The molecule has 1 unspecified atom stereocenters. The molecule has 1 aromatic heterocycles. The normalized spacial score (nSPS) is 14.5. The zero-order valence-corrected chi connectivity index (χ0v) is 11.1. The Kier molecular flexibility index (Phi) is 5.26. The lowest BCUT2D eigenvalue weighted by Gasteiger charge is -2.14. The van der Waals surface area contributed by atoms with Crippen LogP contribution >= 0.6 is 0 Å². The molecule has 1 rings (SSSR count). The van der Waals surface area contributed by atoms with Crippen molar-refractivity contribution < 1.29 is 31.4 Å². The highest BCUT2D eigenvalue weighted by Gasteiger charge is 2.45. The molecule has 0 aromatic carbocycles. The first-order chi connectivity index (χ1) is 9.52. The molecule has 0 fully saturated rings. The maximum absolute atomic E-state index is 12.9. The highest BCUT2D eigenvalue weighted by Crippen LogP contribution is 2.39. The zero-order chi connectivity index (χ0) is 16.4. The van der Waals surface area contributed by atoms with Gasteiger partial charge in [-0.15, -0.1) is 0 Å². The minimum Gasteiger partial charge on any atom is -0.396 e. The summed E-state index contributed by atoms with van der Waals surface area (Å²) in [5.74, 6) is -0.563. The summed E-state index contributed by atoms with van der Waals surface area (Å²) in [6, 6.07) is 0. The molecular formula is C11H15F6N3O. The number of nitrogens with zero attached hydrogens (tertiary/aromatic N) is 2. The van der Waals surface area contributed by atoms with Crippen LogP contribution in [-0.2, 0) is 25.8 Å². The second-order valence-corrected chi connectivity index (χ2v) is 4.62. The number of halogens is 6. The van der Waals surface area contributed by atoms with Crippen molar-refractivity contribution in [3.8, 4) is 0 Å². The van der Waals surface area contributed by atoms with Crippen LogP contribution < -0.4 is 5.73 Å². The Hall–Kier alpha value is -1.29. The van der Waals surface area contributed by atoms with E-state index in [-0.39, 0.29) is 17.6 Å². The van der Waals surface area contributed by atoms with Crippen molar-refractivity contribution in [2.45, 2.75) is 25.2 Å². The van der Waals surface area contributed by atoms with E-state index in [9.17, 15) is 26.3 Å². The summed E-state index contributed by atoms with van der Waals surface area (Å²) in [6.45, 7) is -0.432. The number of nitrogens with two attached hydrogens (primary N) is 1. The first kappa shape index (κ1) is 17.8. The van der Waals surface area contributed by atoms with Crippen LogP contribution in [0.15, 0.2) is 0 Å². The van der Waals surface area contributed by atoms with Crippen LogP contribution in [0.4, 0.5) is 26.3 Å². The van der Waals surface area contributed by atoms with Gasteiger partial charge in [0.25, 0.3) is 0 Å². The lowest BCUT2D eigenvalue weighted by Crippen LogP contribution is -2.20. The van der Waals surface area contributed by atoms with Crippen molar-refractivity contribution in [1.29, 1.82) is 0 Å². The maximum atomic E-state index is 12.9. The SMILES string of the molecule is Cn1nc(C(F)(F)F)c(CCC(CN)CO)c1C(F)(F)F. The molecule has 10 heteroatoms. The zero-order valence-electron chi connectivity index (χ0n) is 11.1. The first-order valence-electron chi connectivity index (χ1n) is 6.03. The van der Waals surface area contributed by atoms with Crippen LogP contribution in [0.3, 0.4) is 0 Å². The molecule has 0 aliphatic carbocycles. The summed E-state index contributed by atoms with van der Waals surface area (Å²) in [6.07, 6.45) is -10.5. The minimum absolute atomic E-state index is 0.0283. The van der Waals surface area contributed by atoms with E-state index in [0.717, 1.165) is 7.05 Å². The molecule has 1 heterocycles. The Morgan fingerprint density at radius 1 is 1.19 bits per heavy atom. The quantitative estimate of drug-likeness (QED) is 0.816. The maximum Gasteiger partial charge on any atom is 0.435 e. The van der Waals surface area contributed by atoms with Gasteiger partial charge in [0, 0.05) is 19.2 Å². The van der Waals surface area contributed by atoms with Gasteiger partial charge < -0.3 is 10.8 Å². The van der Waals surface area contributed by atoms with Gasteiger partial charge in [0.1, 0.15) is 5.69 Å². The molecule has 0 bridgehead atoms. The molecule has 21 heavy (non-hydrogen) atoms. The molecular weight excluding hydrogens is 304 g/mol. The van der Waals surface area contributed by atoms with E-state index in [2.05, 4.69) is 5.10 Å². The number of aryl methyl sites for hydroxylation is 1. The van der Waals surface area contributed by atoms with Crippen LogP contribution in [0.5, 0.6) is 0 Å². The third kappa shape index (κ3) is 4.10. The number of hydrogen-bond donors (Lipinski definition) is 2. The van der Waals surface area contributed by atoms with Gasteiger partial charge in [-0.25, -0.2) is 0 Å². The Morgan fingerprint density at radius 2 is 1.76 bits per heavy atom. The molecule has 0 amide bonds. The fraction of sp³-hybridized carbons (Fsp3) is 0.727. The standard InChI is InChI=1S/C11H15F6N3O/c1-20-9(11(15,16)17)7(3-2-6(4-18)5-21)8(19-20)10(12,13)14/h6,21H,2-5,18H2,1H3. The van der Waals surface area contributed by atoms with E-state index in [0.29, 0.717) is 0 Å². The second-order valence-electron chi connectivity index (χ2n) is 4.62. The Bertz CT molecular complexity index is 476. The molecule has 0 saturated carbocycles. The largest absolute Gasteiger partial charge is 0.435 e. The second kappa shape index (κ2) is 6.22. The monoisotopic (exact) mass is 319 g/mol. The Morgan fingerprint density at radius 3 is 2.14 bits per heavy atom. The van der Waals surface area contributed by atoms with E-state index >= 15 is 0 Å². The van der Waals surface area contributed by atoms with E-state index in [1.807, 2.05) is 0 Å². The highest BCUT2D eigenvalue weighted by atomic mass is 19.4. The number of alkyl halides is 6. The number of aliphatic hydroxyl groups is 1. The average molecular weight is 319 g/mol. The number of aromatic nitrogens is 2. The van der Waals surface area contributed by atoms with E-state index < -0.39 is 48.2 Å². The third-order valence-electron chi connectivity index (χ3n) is 3.08. The number of aliphatic hydroxyl groups excluding tert-OH is 1. The van der Waals surface area contributed by atoms with Crippen molar-refractivity contribution >= 4 is 0 Å². The van der Waals surface area contributed by atoms with Gasteiger partial charge in [0.15, 0.2) is 5.69 Å². The van der Waals surface area contributed by atoms with Crippen LogP contribution in [0.25, 0.3) is 0 Å². The van der Waals surface area contributed by atoms with E-state index in [4.69, 9.17) is 10.8 Å². The van der Waals surface area contributed by atoms with Gasteiger partial charge in [-0.3, -0.25) is 4.68 Å². The minimum atomic E-state index is -4.98. The van der Waals surface area contributed by atoms with Crippen LogP contribution in [0.1, 0.15) is 23.4 Å². The summed E-state index contributed by atoms with van der Waals surface area (Å²) in [7, 11) is 0.814. The van der Waals surface area contributed by atoms with Crippen molar-refractivity contribution in [2.75, 3.05) is 13.2 Å². The van der Waals surface area contributed by atoms with Crippen molar-refractivity contribution in [2.24, 2.45) is 18.7 Å². The molecule has 122 valence electrons. The molecule has 0 spiro atoms. The first-order valence-corrected chi connectivity index (χ1v) is 6.03. The summed E-state index contributed by atoms with van der Waals surface area (Å²) in [4.78, 5) is 0. The van der Waals surface area contributed by atoms with E-state index in [1.165, 1.54) is 0 Å². The highest BCUT2D eigenvalue weighted by molar-refractivity contribution is 5.31. The summed E-state index contributed by atoms with van der Waals surface area (Å²) in [5, 5.41) is 11.9. The van der Waals surface area contributed by atoms with Crippen LogP contribution in [-0.4, -0.2) is 28.0 Å². The van der Waals surface area contributed by atoms with Gasteiger partial charge in [-0.05, 0) is 25.3 Å². The van der Waals surface area contributed by atoms with Gasteiger partial charge in [0.05, 0.1) is 0 Å². The number of hydrogen-bond acceptors (Lipinski definition) is 3. The van der Waals surface area contributed by atoms with Crippen molar-refractivity contribution in [3.63, 3.8) is 0 Å². The van der Waals surface area contributed by atoms with Gasteiger partial charge in [0.2, 0.25) is 0 Å². The fourth-order valence-corrected chi connectivity index (χ4v) is 2.02. The molecule has 1 aromatic rings. The Labute approximate surface area is 116 Å². The number of rotatable bonds is 5. The van der Waals surface area contributed by atoms with Crippen LogP contribution in [0, 0.1) is 5.92 Å². The Balaban J connectivity index is 3.25. The molecule has 0 aliphatic heterocycles. The molecule has 0 saturated heterocycles. The summed E-state index contributed by atoms with van der Waals surface area (Å²) >= 11 is 0. The fourth-order valence-electron chi connectivity index (χ4n) is 2.02. The van der Waals surface area contributed by atoms with Crippen LogP contribution in [0.2, 0.25) is 0 Å². The third-order valence-corrected chi connectivity index (χ3v) is 3.08. The molecule has 0 radical (unpaired) electrons. The summed E-state index contributed by atoms with van der Waals surface area (Å²) in [5.41, 5.74) is 1.39. The van der Waals surface area contributed by atoms with Gasteiger partial charge in [-0.1, -0.05) is 0 Å². The molecule has 1 atom stereocenters. The molecule has 3 N–H and O–H groups in total. The van der Waals surface area contributed by atoms with Crippen molar-refractivity contribution in [3.05, 3.63) is 17.0 Å². The predicted molar refractivity (Wildman–Crippen MR) is 61.2 cm³/mol. The average Bonchev–Trinajstić information content (AvgIpc) is 2.67. The van der Waals surface area contributed by atoms with Gasteiger partial charge >= 0.3 is 12.4 Å². The van der Waals surface area contributed by atoms with Crippen molar-refractivity contribution in [1.82, 2.24) is 9.78 Å². The molecule has 4 nitrogen and oxygen atoms in total. The lowest BCUT2D eigenvalue weighted by atomic mass is 9.98. The predicted octanol–water partition coefficient (Wildman–Crippen LogP) is 1.96. The topological polar surface area (TPSA) is 64.1 Å². The van der Waals surface area contributed by atoms with E-state index in [1.54, 1.807) is 0 Å². The lowest BCUT2D eigenvalue weighted by molar-refractivity contribution is -0.145. The summed E-state index contributed by atoms with van der Waals surface area (Å²) < 4.78 is 77.3. The van der Waals surface area contributed by atoms with Gasteiger partial charge in [-0.2, -0.15) is 31.4 Å².